The van der Waals surface area contributed by atoms with Crippen LogP contribution in [0.1, 0.15) is 31.7 Å². The molecule has 1 heterocycles. The molecule has 2 aromatic rings. The normalized spacial score (nSPS) is 14.3. The van der Waals surface area contributed by atoms with E-state index < -0.39 is 0 Å². The van der Waals surface area contributed by atoms with Crippen molar-refractivity contribution in [3.05, 3.63) is 48.2 Å². The summed E-state index contributed by atoms with van der Waals surface area (Å²) in [6.07, 6.45) is 5.40. The number of nitrogens with one attached hydrogen (secondary N) is 1. The van der Waals surface area contributed by atoms with Crippen LogP contribution in [0, 0.1) is 0 Å². The first-order chi connectivity index (χ1) is 10.2. The van der Waals surface area contributed by atoms with Crippen LogP contribution in [-0.2, 0) is 6.54 Å². The number of fused-ring (bicyclic) bond motifs is 1. The van der Waals surface area contributed by atoms with Gasteiger partial charge in [-0.1, -0.05) is 23.8 Å². The van der Waals surface area contributed by atoms with Gasteiger partial charge in [-0.15, -0.1) is 6.58 Å². The third-order valence-electron chi connectivity index (χ3n) is 3.77. The van der Waals surface area contributed by atoms with Crippen molar-refractivity contribution in [2.24, 2.45) is 0 Å². The fourth-order valence-electron chi connectivity index (χ4n) is 2.34. The summed E-state index contributed by atoms with van der Waals surface area (Å²) in [4.78, 5) is 4.51. The van der Waals surface area contributed by atoms with Crippen molar-refractivity contribution >= 4 is 10.8 Å². The minimum atomic E-state index is 0.631. The number of pyridine rings is 1. The van der Waals surface area contributed by atoms with Crippen LogP contribution in [0.25, 0.3) is 10.8 Å². The van der Waals surface area contributed by atoms with E-state index >= 15 is 0 Å². The van der Waals surface area contributed by atoms with E-state index in [9.17, 15) is 0 Å². The zero-order valence-corrected chi connectivity index (χ0v) is 12.6. The van der Waals surface area contributed by atoms with Crippen molar-refractivity contribution in [3.8, 4) is 5.88 Å². The molecule has 1 fully saturated rings. The highest BCUT2D eigenvalue weighted by molar-refractivity contribution is 5.89. The van der Waals surface area contributed by atoms with Crippen LogP contribution in [0.5, 0.6) is 5.88 Å². The van der Waals surface area contributed by atoms with Gasteiger partial charge in [-0.25, -0.2) is 4.98 Å². The molecule has 21 heavy (non-hydrogen) atoms. The second-order valence-electron chi connectivity index (χ2n) is 5.84. The topological polar surface area (TPSA) is 34.1 Å². The molecule has 1 aromatic carbocycles. The summed E-state index contributed by atoms with van der Waals surface area (Å²) < 4.78 is 5.83. The molecule has 0 spiro atoms. The van der Waals surface area contributed by atoms with Crippen molar-refractivity contribution in [2.45, 2.75) is 38.8 Å². The first-order valence-corrected chi connectivity index (χ1v) is 7.61. The van der Waals surface area contributed by atoms with Crippen molar-refractivity contribution in [1.29, 1.82) is 0 Å². The molecule has 0 amide bonds. The van der Waals surface area contributed by atoms with E-state index in [0.717, 1.165) is 29.8 Å². The molecule has 110 valence electrons. The lowest BCUT2D eigenvalue weighted by atomic mass is 10.1. The molecule has 1 aliphatic rings. The first kappa shape index (κ1) is 14.1. The van der Waals surface area contributed by atoms with Crippen LogP contribution in [0.15, 0.2) is 42.6 Å². The maximum atomic E-state index is 5.83. The lowest BCUT2D eigenvalue weighted by Gasteiger charge is -2.12. The third kappa shape index (κ3) is 3.61. The molecule has 0 atom stereocenters. The van der Waals surface area contributed by atoms with E-state index in [0.29, 0.717) is 12.6 Å². The fourth-order valence-corrected chi connectivity index (χ4v) is 2.34. The largest absolute Gasteiger partial charge is 0.477 e. The molecular formula is C18H22N2O. The van der Waals surface area contributed by atoms with Gasteiger partial charge in [0, 0.05) is 30.6 Å². The summed E-state index contributed by atoms with van der Waals surface area (Å²) in [5, 5.41) is 5.87. The molecule has 3 rings (SSSR count). The molecule has 0 unspecified atom stereocenters. The van der Waals surface area contributed by atoms with E-state index in [1.54, 1.807) is 0 Å². The van der Waals surface area contributed by atoms with Gasteiger partial charge in [-0.3, -0.25) is 0 Å². The smallest absolute Gasteiger partial charge is 0.221 e. The Hall–Kier alpha value is -1.87. The van der Waals surface area contributed by atoms with Crippen LogP contribution >= 0.6 is 0 Å². The lowest BCUT2D eigenvalue weighted by Crippen LogP contribution is -2.15. The molecule has 0 bridgehead atoms. The van der Waals surface area contributed by atoms with Crippen molar-refractivity contribution in [1.82, 2.24) is 10.3 Å². The van der Waals surface area contributed by atoms with Gasteiger partial charge in [0.1, 0.15) is 0 Å². The zero-order valence-electron chi connectivity index (χ0n) is 12.6. The summed E-state index contributed by atoms with van der Waals surface area (Å²) in [6.45, 7) is 7.43. The Bertz CT molecular complexity index is 647. The van der Waals surface area contributed by atoms with Gasteiger partial charge in [-0.05, 0) is 36.8 Å². The van der Waals surface area contributed by atoms with Crippen LogP contribution < -0.4 is 10.1 Å². The van der Waals surface area contributed by atoms with E-state index in [1.807, 2.05) is 19.2 Å². The van der Waals surface area contributed by atoms with Gasteiger partial charge in [0.05, 0.1) is 6.61 Å². The summed E-state index contributed by atoms with van der Waals surface area (Å²) >= 11 is 0. The van der Waals surface area contributed by atoms with E-state index in [4.69, 9.17) is 4.74 Å². The molecule has 1 saturated carbocycles. The maximum absolute atomic E-state index is 5.83. The minimum absolute atomic E-state index is 0.631. The molecule has 1 aliphatic carbocycles. The Morgan fingerprint density at radius 2 is 2.10 bits per heavy atom. The Morgan fingerprint density at radius 3 is 2.81 bits per heavy atom. The van der Waals surface area contributed by atoms with Gasteiger partial charge in [0.15, 0.2) is 0 Å². The standard InChI is InChI=1S/C18H22N2O/c1-13(2)9-10-21-18-17-6-4-3-5-16(17)14(12-20-18)11-19-15-7-8-15/h3-6,12,15,19H,1,7-11H2,2H3. The molecule has 0 radical (unpaired) electrons. The number of rotatable bonds is 7. The average Bonchev–Trinajstić information content (AvgIpc) is 3.30. The number of hydrogen-bond acceptors (Lipinski definition) is 3. The van der Waals surface area contributed by atoms with Crippen LogP contribution in [0.3, 0.4) is 0 Å². The first-order valence-electron chi connectivity index (χ1n) is 7.61. The highest BCUT2D eigenvalue weighted by atomic mass is 16.5. The highest BCUT2D eigenvalue weighted by Gasteiger charge is 2.20. The fraction of sp³-hybridized carbons (Fsp3) is 0.389. The number of benzene rings is 1. The molecule has 3 nitrogen and oxygen atoms in total. The SMILES string of the molecule is C=C(C)CCOc1ncc(CNC2CC2)c2ccccc12. The average molecular weight is 282 g/mol. The van der Waals surface area contributed by atoms with Crippen molar-refractivity contribution in [2.75, 3.05) is 6.61 Å². The molecule has 1 aromatic heterocycles. The number of hydrogen-bond donors (Lipinski definition) is 1. The lowest BCUT2D eigenvalue weighted by molar-refractivity contribution is 0.313. The third-order valence-corrected chi connectivity index (χ3v) is 3.77. The monoisotopic (exact) mass is 282 g/mol. The van der Waals surface area contributed by atoms with Crippen LogP contribution in [0.4, 0.5) is 0 Å². The summed E-state index contributed by atoms with van der Waals surface area (Å²) in [5.74, 6) is 0.724. The van der Waals surface area contributed by atoms with E-state index in [2.05, 4.69) is 35.1 Å². The summed E-state index contributed by atoms with van der Waals surface area (Å²) in [7, 11) is 0. The minimum Gasteiger partial charge on any atom is -0.477 e. The summed E-state index contributed by atoms with van der Waals surface area (Å²) in [5.41, 5.74) is 2.37. The predicted molar refractivity (Wildman–Crippen MR) is 86.5 cm³/mol. The van der Waals surface area contributed by atoms with E-state index in [-0.39, 0.29) is 0 Å². The Balaban J connectivity index is 1.81. The van der Waals surface area contributed by atoms with Gasteiger partial charge in [0.2, 0.25) is 5.88 Å². The second-order valence-corrected chi connectivity index (χ2v) is 5.84. The van der Waals surface area contributed by atoms with Crippen molar-refractivity contribution in [3.63, 3.8) is 0 Å². The van der Waals surface area contributed by atoms with Gasteiger partial charge in [0.25, 0.3) is 0 Å². The summed E-state index contributed by atoms with van der Waals surface area (Å²) in [6, 6.07) is 9.04. The molecular weight excluding hydrogens is 260 g/mol. The van der Waals surface area contributed by atoms with Gasteiger partial charge >= 0.3 is 0 Å². The second kappa shape index (κ2) is 6.27. The maximum Gasteiger partial charge on any atom is 0.221 e. The van der Waals surface area contributed by atoms with Crippen LogP contribution in [0.2, 0.25) is 0 Å². The predicted octanol–water partition coefficient (Wildman–Crippen LogP) is 3.83. The Kier molecular flexibility index (Phi) is 4.20. The number of aromatic nitrogens is 1. The molecule has 0 aliphatic heterocycles. The quantitative estimate of drug-likeness (QED) is 0.784. The van der Waals surface area contributed by atoms with E-state index in [1.165, 1.54) is 23.8 Å². The molecule has 0 saturated heterocycles. The molecule has 1 N–H and O–H groups in total. The van der Waals surface area contributed by atoms with Gasteiger partial charge in [-0.2, -0.15) is 0 Å². The zero-order chi connectivity index (χ0) is 14.7. The number of nitrogens with zero attached hydrogens (tertiary/aromatic N) is 1. The molecule has 3 heteroatoms. The van der Waals surface area contributed by atoms with Crippen molar-refractivity contribution < 1.29 is 4.74 Å². The Morgan fingerprint density at radius 1 is 1.33 bits per heavy atom. The number of ether oxygens (including phenoxy) is 1. The van der Waals surface area contributed by atoms with Gasteiger partial charge < -0.3 is 10.1 Å². The van der Waals surface area contributed by atoms with Crippen LogP contribution in [-0.4, -0.2) is 17.6 Å². The highest BCUT2D eigenvalue weighted by Crippen LogP contribution is 2.27. The Labute approximate surface area is 126 Å².